The van der Waals surface area contributed by atoms with Crippen molar-refractivity contribution in [3.05, 3.63) is 0 Å². The molecule has 6 nitrogen and oxygen atoms in total. The Balaban J connectivity index is 2.03. The Labute approximate surface area is 126 Å². The molecule has 2 fully saturated rings. The quantitative estimate of drug-likeness (QED) is 0.774. The van der Waals surface area contributed by atoms with Crippen molar-refractivity contribution < 1.29 is 14.7 Å². The number of nitrogens with one attached hydrogen (secondary N) is 1. The Morgan fingerprint density at radius 2 is 2.00 bits per heavy atom. The highest BCUT2D eigenvalue weighted by atomic mass is 16.4. The zero-order valence-electron chi connectivity index (χ0n) is 12.9. The first kappa shape index (κ1) is 16.2. The van der Waals surface area contributed by atoms with Crippen LogP contribution in [0.1, 0.15) is 39.0 Å². The highest BCUT2D eigenvalue weighted by Gasteiger charge is 2.49. The molecule has 1 amide bonds. The zero-order chi connectivity index (χ0) is 15.3. The van der Waals surface area contributed by atoms with Crippen LogP contribution in [0.2, 0.25) is 0 Å². The molecule has 2 aliphatic heterocycles. The monoisotopic (exact) mass is 297 g/mol. The summed E-state index contributed by atoms with van der Waals surface area (Å²) in [6.07, 6.45) is 3.74. The van der Waals surface area contributed by atoms with E-state index in [2.05, 4.69) is 10.2 Å². The summed E-state index contributed by atoms with van der Waals surface area (Å²) in [6, 6.07) is 0. The van der Waals surface area contributed by atoms with Crippen molar-refractivity contribution in [1.82, 2.24) is 15.1 Å². The second kappa shape index (κ2) is 7.22. The fraction of sp³-hybridized carbons (Fsp3) is 0.867. The number of carboxylic acid groups (broad SMARTS) is 1. The van der Waals surface area contributed by atoms with Crippen molar-refractivity contribution in [2.24, 2.45) is 0 Å². The van der Waals surface area contributed by atoms with Gasteiger partial charge in [-0.1, -0.05) is 13.3 Å². The van der Waals surface area contributed by atoms with Crippen molar-refractivity contribution >= 4 is 11.9 Å². The van der Waals surface area contributed by atoms with Gasteiger partial charge in [-0.05, 0) is 38.8 Å². The van der Waals surface area contributed by atoms with Crippen LogP contribution >= 0.6 is 0 Å². The first-order chi connectivity index (χ1) is 10.1. The first-order valence-corrected chi connectivity index (χ1v) is 8.07. The van der Waals surface area contributed by atoms with Gasteiger partial charge in [0.25, 0.3) is 0 Å². The molecule has 2 rings (SSSR count). The van der Waals surface area contributed by atoms with Gasteiger partial charge in [0.15, 0.2) is 0 Å². The van der Waals surface area contributed by atoms with E-state index in [1.807, 2.05) is 6.92 Å². The lowest BCUT2D eigenvalue weighted by Crippen LogP contribution is -2.55. The van der Waals surface area contributed by atoms with Gasteiger partial charge in [0.05, 0.1) is 6.54 Å². The minimum absolute atomic E-state index is 0.0229. The minimum Gasteiger partial charge on any atom is -0.479 e. The summed E-state index contributed by atoms with van der Waals surface area (Å²) < 4.78 is 0. The summed E-state index contributed by atoms with van der Waals surface area (Å²) in [4.78, 5) is 28.2. The fourth-order valence-electron chi connectivity index (χ4n) is 3.58. The maximum Gasteiger partial charge on any atom is 0.329 e. The summed E-state index contributed by atoms with van der Waals surface area (Å²) in [5.74, 6) is -0.863. The van der Waals surface area contributed by atoms with Crippen LogP contribution < -0.4 is 5.32 Å². The Morgan fingerprint density at radius 3 is 2.71 bits per heavy atom. The number of aliphatic carboxylic acids is 1. The van der Waals surface area contributed by atoms with Crippen LogP contribution in [0.4, 0.5) is 0 Å². The first-order valence-electron chi connectivity index (χ1n) is 8.07. The van der Waals surface area contributed by atoms with Crippen molar-refractivity contribution in [3.63, 3.8) is 0 Å². The number of carbonyl (C=O) groups excluding carboxylic acids is 1. The van der Waals surface area contributed by atoms with E-state index in [0.717, 1.165) is 45.4 Å². The number of amides is 1. The van der Waals surface area contributed by atoms with Gasteiger partial charge in [-0.3, -0.25) is 9.69 Å². The van der Waals surface area contributed by atoms with Crippen LogP contribution in [0.5, 0.6) is 0 Å². The fourth-order valence-corrected chi connectivity index (χ4v) is 3.58. The van der Waals surface area contributed by atoms with Gasteiger partial charge in [0.2, 0.25) is 5.91 Å². The predicted molar refractivity (Wildman–Crippen MR) is 80.1 cm³/mol. The molecule has 1 unspecified atom stereocenters. The van der Waals surface area contributed by atoms with E-state index in [9.17, 15) is 14.7 Å². The summed E-state index contributed by atoms with van der Waals surface area (Å²) in [7, 11) is 0. The van der Waals surface area contributed by atoms with Gasteiger partial charge < -0.3 is 15.3 Å². The molecule has 0 saturated carbocycles. The van der Waals surface area contributed by atoms with Gasteiger partial charge in [0.1, 0.15) is 5.54 Å². The number of carbonyl (C=O) groups is 2. The van der Waals surface area contributed by atoms with E-state index < -0.39 is 11.5 Å². The van der Waals surface area contributed by atoms with Crippen molar-refractivity contribution in [3.8, 4) is 0 Å². The topological polar surface area (TPSA) is 72.9 Å². The molecule has 2 saturated heterocycles. The van der Waals surface area contributed by atoms with Gasteiger partial charge in [0, 0.05) is 19.6 Å². The van der Waals surface area contributed by atoms with Crippen LogP contribution in [-0.2, 0) is 9.59 Å². The smallest absolute Gasteiger partial charge is 0.329 e. The van der Waals surface area contributed by atoms with Gasteiger partial charge >= 0.3 is 5.97 Å². The molecule has 0 radical (unpaired) electrons. The van der Waals surface area contributed by atoms with E-state index in [0.29, 0.717) is 25.9 Å². The Hall–Kier alpha value is -1.14. The largest absolute Gasteiger partial charge is 0.479 e. The maximum absolute atomic E-state index is 12.6. The summed E-state index contributed by atoms with van der Waals surface area (Å²) >= 11 is 0. The van der Waals surface area contributed by atoms with Crippen LogP contribution in [0.3, 0.4) is 0 Å². The third kappa shape index (κ3) is 3.55. The van der Waals surface area contributed by atoms with Crippen molar-refractivity contribution in [1.29, 1.82) is 0 Å². The minimum atomic E-state index is -0.962. The molecule has 0 aromatic carbocycles. The molecule has 0 aliphatic carbocycles. The van der Waals surface area contributed by atoms with Gasteiger partial charge in [-0.25, -0.2) is 4.79 Å². The third-order valence-electron chi connectivity index (χ3n) is 4.64. The van der Waals surface area contributed by atoms with E-state index in [-0.39, 0.29) is 5.91 Å². The maximum atomic E-state index is 12.6. The average molecular weight is 297 g/mol. The Kier molecular flexibility index (Phi) is 5.58. The van der Waals surface area contributed by atoms with Crippen LogP contribution in [0.15, 0.2) is 0 Å². The molecule has 2 heterocycles. The van der Waals surface area contributed by atoms with Crippen LogP contribution in [-0.4, -0.2) is 71.6 Å². The zero-order valence-corrected chi connectivity index (χ0v) is 12.9. The highest BCUT2D eigenvalue weighted by Crippen LogP contribution is 2.34. The van der Waals surface area contributed by atoms with Crippen molar-refractivity contribution in [2.75, 3.05) is 39.3 Å². The molecule has 21 heavy (non-hydrogen) atoms. The lowest BCUT2D eigenvalue weighted by Gasteiger charge is -2.36. The summed E-state index contributed by atoms with van der Waals surface area (Å²) in [5.41, 5.74) is -0.962. The van der Waals surface area contributed by atoms with E-state index in [4.69, 9.17) is 0 Å². The van der Waals surface area contributed by atoms with Crippen molar-refractivity contribution in [2.45, 2.75) is 44.6 Å². The van der Waals surface area contributed by atoms with Gasteiger partial charge in [-0.15, -0.1) is 0 Å². The molecule has 0 spiro atoms. The number of carboxylic acids is 1. The highest BCUT2D eigenvalue weighted by molar-refractivity contribution is 5.88. The third-order valence-corrected chi connectivity index (χ3v) is 4.64. The predicted octanol–water partition coefficient (Wildman–Crippen LogP) is 0.528. The molecular weight excluding hydrogens is 270 g/mol. The normalized spacial score (nSPS) is 27.6. The molecule has 2 aliphatic rings. The van der Waals surface area contributed by atoms with E-state index >= 15 is 0 Å². The summed E-state index contributed by atoms with van der Waals surface area (Å²) in [6.45, 7) is 6.55. The average Bonchev–Trinajstić information content (AvgIpc) is 2.71. The molecule has 120 valence electrons. The second-order valence-corrected chi connectivity index (χ2v) is 6.12. The van der Waals surface area contributed by atoms with Crippen LogP contribution in [0.25, 0.3) is 0 Å². The second-order valence-electron chi connectivity index (χ2n) is 6.12. The molecule has 2 N–H and O–H groups in total. The molecule has 0 aromatic heterocycles. The lowest BCUT2D eigenvalue weighted by atomic mass is 9.90. The molecule has 1 atom stereocenters. The standard InChI is InChI=1S/C15H27N3O3/c1-2-5-15(14(20)21)6-3-10-18(15)13(19)12-17-9-4-7-16-8-11-17/h16H,2-12H2,1H3,(H,20,21). The lowest BCUT2D eigenvalue weighted by molar-refractivity contribution is -0.157. The molecule has 0 bridgehead atoms. The SMILES string of the molecule is CCCC1(C(=O)O)CCCN1C(=O)CN1CCCNCC1. The number of likely N-dealkylation sites (tertiary alicyclic amines) is 1. The van der Waals surface area contributed by atoms with E-state index in [1.165, 1.54) is 0 Å². The van der Waals surface area contributed by atoms with Crippen LogP contribution in [0, 0.1) is 0 Å². The summed E-state index contributed by atoms with van der Waals surface area (Å²) in [5, 5.41) is 13.0. The van der Waals surface area contributed by atoms with Gasteiger partial charge in [-0.2, -0.15) is 0 Å². The Morgan fingerprint density at radius 1 is 1.19 bits per heavy atom. The number of nitrogens with zero attached hydrogens (tertiary/aromatic N) is 2. The van der Waals surface area contributed by atoms with E-state index in [1.54, 1.807) is 4.90 Å². The molecule has 6 heteroatoms. The number of hydrogen-bond donors (Lipinski definition) is 2. The Bertz CT molecular complexity index is 380. The molecule has 0 aromatic rings. The molecular formula is C15H27N3O3. The number of rotatable bonds is 5. The number of hydrogen-bond acceptors (Lipinski definition) is 4.